The second-order valence-corrected chi connectivity index (χ2v) is 5.63. The van der Waals surface area contributed by atoms with Gasteiger partial charge in [-0.1, -0.05) is 24.6 Å². The van der Waals surface area contributed by atoms with Gasteiger partial charge < -0.3 is 10.1 Å². The van der Waals surface area contributed by atoms with Crippen molar-refractivity contribution < 1.29 is 4.74 Å². The molecule has 0 unspecified atom stereocenters. The topological polar surface area (TPSA) is 21.3 Å². The highest BCUT2D eigenvalue weighted by atomic mass is 16.5. The summed E-state index contributed by atoms with van der Waals surface area (Å²) in [6, 6.07) is 7.72. The van der Waals surface area contributed by atoms with Gasteiger partial charge in [0.2, 0.25) is 0 Å². The molecule has 2 aliphatic rings. The van der Waals surface area contributed by atoms with Crippen LogP contribution in [0.4, 0.5) is 0 Å². The lowest BCUT2D eigenvalue weighted by molar-refractivity contribution is 0.134. The summed E-state index contributed by atoms with van der Waals surface area (Å²) < 4.78 is 5.45. The van der Waals surface area contributed by atoms with E-state index >= 15 is 0 Å². The summed E-state index contributed by atoms with van der Waals surface area (Å²) in [6.07, 6.45) is 7.99. The monoisotopic (exact) mass is 245 g/mol. The molecule has 1 saturated carbocycles. The maximum Gasteiger partial charge on any atom is 0.0725 e. The first-order chi connectivity index (χ1) is 8.92. The van der Waals surface area contributed by atoms with Gasteiger partial charge in [0, 0.05) is 6.04 Å². The third-order valence-electron chi connectivity index (χ3n) is 3.94. The van der Waals surface area contributed by atoms with Gasteiger partial charge in [0.15, 0.2) is 0 Å². The van der Waals surface area contributed by atoms with Crippen molar-refractivity contribution in [2.75, 3.05) is 6.54 Å². The maximum atomic E-state index is 5.45. The zero-order chi connectivity index (χ0) is 12.2. The van der Waals surface area contributed by atoms with E-state index < -0.39 is 0 Å². The lowest BCUT2D eigenvalue weighted by atomic mass is 10.0. The number of hydrogen-bond donors (Lipinski definition) is 1. The Labute approximate surface area is 110 Å². The van der Waals surface area contributed by atoms with E-state index in [1.165, 1.54) is 61.8 Å². The van der Waals surface area contributed by atoms with Crippen LogP contribution in [0.3, 0.4) is 0 Å². The summed E-state index contributed by atoms with van der Waals surface area (Å²) in [5.74, 6) is 0. The van der Waals surface area contributed by atoms with Crippen LogP contribution in [-0.4, -0.2) is 12.6 Å². The molecule has 2 nitrogen and oxygen atoms in total. The summed E-state index contributed by atoms with van der Waals surface area (Å²) in [6.45, 7) is 2.83. The van der Waals surface area contributed by atoms with E-state index in [1.807, 2.05) is 0 Å². The van der Waals surface area contributed by atoms with Gasteiger partial charge in [0.25, 0.3) is 0 Å². The first-order valence-electron chi connectivity index (χ1n) is 7.33. The number of unbranched alkanes of at least 4 members (excludes halogenated alkanes) is 2. The van der Waals surface area contributed by atoms with Gasteiger partial charge in [-0.15, -0.1) is 0 Å². The van der Waals surface area contributed by atoms with Crippen molar-refractivity contribution in [3.63, 3.8) is 0 Å². The minimum absolute atomic E-state index is 0.808. The van der Waals surface area contributed by atoms with Crippen LogP contribution in [0, 0.1) is 0 Å². The molecule has 0 radical (unpaired) electrons. The van der Waals surface area contributed by atoms with Gasteiger partial charge in [-0.25, -0.2) is 0 Å². The standard InChI is InChI=1S/C16H23NO/c1(3-9-17-16-7-8-16)2-4-13-5-6-14-11-18-12-15(14)10-13/h5-6,10,16-17H,1-4,7-9,11-12H2. The third-order valence-corrected chi connectivity index (χ3v) is 3.94. The van der Waals surface area contributed by atoms with Crippen molar-refractivity contribution in [3.05, 3.63) is 34.9 Å². The van der Waals surface area contributed by atoms with Crippen LogP contribution in [0.5, 0.6) is 0 Å². The molecular formula is C16H23NO. The van der Waals surface area contributed by atoms with Crippen LogP contribution in [0.1, 0.15) is 48.8 Å². The van der Waals surface area contributed by atoms with Crippen molar-refractivity contribution in [2.24, 2.45) is 0 Å². The predicted octanol–water partition coefficient (Wildman–Crippen LogP) is 3.18. The quantitative estimate of drug-likeness (QED) is 0.745. The molecule has 0 bridgehead atoms. The number of aryl methyl sites for hydroxylation is 1. The second-order valence-electron chi connectivity index (χ2n) is 5.63. The molecule has 1 N–H and O–H groups in total. The molecule has 18 heavy (non-hydrogen) atoms. The molecule has 0 amide bonds. The van der Waals surface area contributed by atoms with Crippen LogP contribution in [0.2, 0.25) is 0 Å². The maximum absolute atomic E-state index is 5.45. The Morgan fingerprint density at radius 2 is 1.94 bits per heavy atom. The summed E-state index contributed by atoms with van der Waals surface area (Å²) in [7, 11) is 0. The molecule has 1 aromatic rings. The Morgan fingerprint density at radius 3 is 2.83 bits per heavy atom. The molecule has 0 spiro atoms. The van der Waals surface area contributed by atoms with Crippen molar-refractivity contribution in [1.29, 1.82) is 0 Å². The number of benzene rings is 1. The average molecular weight is 245 g/mol. The summed E-state index contributed by atoms with van der Waals surface area (Å²) in [5.41, 5.74) is 4.27. The largest absolute Gasteiger partial charge is 0.372 e. The van der Waals surface area contributed by atoms with Crippen molar-refractivity contribution in [3.8, 4) is 0 Å². The van der Waals surface area contributed by atoms with Crippen LogP contribution in [0.25, 0.3) is 0 Å². The molecule has 98 valence electrons. The Hall–Kier alpha value is -0.860. The van der Waals surface area contributed by atoms with E-state index in [4.69, 9.17) is 4.74 Å². The highest BCUT2D eigenvalue weighted by molar-refractivity contribution is 5.33. The molecule has 1 aliphatic carbocycles. The fraction of sp³-hybridized carbons (Fsp3) is 0.625. The van der Waals surface area contributed by atoms with Gasteiger partial charge in [-0.3, -0.25) is 0 Å². The summed E-state index contributed by atoms with van der Waals surface area (Å²) >= 11 is 0. The zero-order valence-electron chi connectivity index (χ0n) is 11.1. The normalized spacial score (nSPS) is 18.0. The number of hydrogen-bond acceptors (Lipinski definition) is 2. The van der Waals surface area contributed by atoms with Gasteiger partial charge in [0.05, 0.1) is 13.2 Å². The van der Waals surface area contributed by atoms with Gasteiger partial charge in [-0.05, 0) is 55.3 Å². The number of fused-ring (bicyclic) bond motifs is 1. The fourth-order valence-electron chi connectivity index (χ4n) is 2.61. The first kappa shape index (κ1) is 12.2. The highest BCUT2D eigenvalue weighted by Crippen LogP contribution is 2.22. The number of ether oxygens (including phenoxy) is 1. The minimum atomic E-state index is 0.808. The smallest absolute Gasteiger partial charge is 0.0725 e. The van der Waals surface area contributed by atoms with Gasteiger partial charge >= 0.3 is 0 Å². The van der Waals surface area contributed by atoms with Crippen molar-refractivity contribution in [1.82, 2.24) is 5.32 Å². The SMILES string of the molecule is c1cc2c(cc1CCCCCNC1CC1)COC2. The van der Waals surface area contributed by atoms with E-state index in [-0.39, 0.29) is 0 Å². The average Bonchev–Trinajstić information content (AvgIpc) is 3.09. The molecule has 0 aromatic heterocycles. The fourth-order valence-corrected chi connectivity index (χ4v) is 2.61. The van der Waals surface area contributed by atoms with E-state index in [0.29, 0.717) is 0 Å². The van der Waals surface area contributed by atoms with E-state index in [9.17, 15) is 0 Å². The highest BCUT2D eigenvalue weighted by Gasteiger charge is 2.19. The van der Waals surface area contributed by atoms with E-state index in [1.54, 1.807) is 0 Å². The molecule has 0 saturated heterocycles. The van der Waals surface area contributed by atoms with E-state index in [0.717, 1.165) is 19.3 Å². The van der Waals surface area contributed by atoms with Gasteiger partial charge in [-0.2, -0.15) is 0 Å². The molecule has 1 aromatic carbocycles. The number of rotatable bonds is 7. The Bertz CT molecular complexity index is 398. The zero-order valence-corrected chi connectivity index (χ0v) is 11.1. The van der Waals surface area contributed by atoms with Crippen LogP contribution < -0.4 is 5.32 Å². The Kier molecular flexibility index (Phi) is 3.96. The first-order valence-corrected chi connectivity index (χ1v) is 7.33. The molecule has 3 rings (SSSR count). The molecule has 0 atom stereocenters. The molecule has 2 heteroatoms. The second kappa shape index (κ2) is 5.85. The lowest BCUT2D eigenvalue weighted by Gasteiger charge is -2.05. The molecule has 1 aliphatic heterocycles. The van der Waals surface area contributed by atoms with Gasteiger partial charge in [0.1, 0.15) is 0 Å². The summed E-state index contributed by atoms with van der Waals surface area (Å²) in [5, 5.41) is 3.57. The minimum Gasteiger partial charge on any atom is -0.372 e. The van der Waals surface area contributed by atoms with E-state index in [2.05, 4.69) is 23.5 Å². The molecular weight excluding hydrogens is 222 g/mol. The van der Waals surface area contributed by atoms with Crippen LogP contribution in [-0.2, 0) is 24.4 Å². The molecule has 1 heterocycles. The van der Waals surface area contributed by atoms with Crippen molar-refractivity contribution >= 4 is 0 Å². The molecule has 1 fully saturated rings. The Morgan fingerprint density at radius 1 is 1.06 bits per heavy atom. The third kappa shape index (κ3) is 3.33. The van der Waals surface area contributed by atoms with Crippen LogP contribution >= 0.6 is 0 Å². The van der Waals surface area contributed by atoms with Crippen molar-refractivity contribution in [2.45, 2.75) is 57.8 Å². The Balaban J connectivity index is 1.34. The number of nitrogens with one attached hydrogen (secondary N) is 1. The van der Waals surface area contributed by atoms with Crippen LogP contribution in [0.15, 0.2) is 18.2 Å². The lowest BCUT2D eigenvalue weighted by Crippen LogP contribution is -2.17. The summed E-state index contributed by atoms with van der Waals surface area (Å²) in [4.78, 5) is 0. The predicted molar refractivity (Wildman–Crippen MR) is 73.5 cm³/mol.